The summed E-state index contributed by atoms with van der Waals surface area (Å²) in [5.74, 6) is -4.10. The number of hydrogen-bond donors (Lipinski definition) is 2. The smallest absolute Gasteiger partial charge is 0.424 e. The largest absolute Gasteiger partial charge is 0.473 e. The average Bonchev–Trinajstić information content (AvgIpc) is 2.55. The number of hydrogen-bond acceptors (Lipinski definition) is 5. The molecule has 0 unspecified atom stereocenters. The Morgan fingerprint density at radius 3 is 2.54 bits per heavy atom. The van der Waals surface area contributed by atoms with Crippen LogP contribution in [0.4, 0.5) is 0 Å². The summed E-state index contributed by atoms with van der Waals surface area (Å²) >= 11 is 0. The van der Waals surface area contributed by atoms with Crippen molar-refractivity contribution in [3.63, 3.8) is 0 Å². The van der Waals surface area contributed by atoms with Crippen molar-refractivity contribution in [1.29, 1.82) is 0 Å². The maximum absolute atomic E-state index is 11.0. The van der Waals surface area contributed by atoms with Crippen molar-refractivity contribution >= 4 is 17.9 Å². The molecule has 72 valence electrons. The molecule has 0 bridgehead atoms. The molecular formula is C7H9NO5. The van der Waals surface area contributed by atoms with Gasteiger partial charge in [-0.15, -0.1) is 0 Å². The van der Waals surface area contributed by atoms with Crippen LogP contribution in [0.3, 0.4) is 0 Å². The van der Waals surface area contributed by atoms with Gasteiger partial charge in [0.05, 0.1) is 0 Å². The van der Waals surface area contributed by atoms with Gasteiger partial charge in [-0.1, -0.05) is 0 Å². The SMILES string of the molecule is O=C(O)C(=O)OC(=O)[C@@H]1CCCN1. The molecule has 0 radical (unpaired) electrons. The first-order valence-corrected chi connectivity index (χ1v) is 3.83. The summed E-state index contributed by atoms with van der Waals surface area (Å²) < 4.78 is 4.06. The van der Waals surface area contributed by atoms with Gasteiger partial charge in [-0.2, -0.15) is 0 Å². The summed E-state index contributed by atoms with van der Waals surface area (Å²) in [5, 5.41) is 10.9. The van der Waals surface area contributed by atoms with E-state index in [9.17, 15) is 14.4 Å². The minimum Gasteiger partial charge on any atom is -0.473 e. The third-order valence-corrected chi connectivity index (χ3v) is 1.71. The molecule has 1 heterocycles. The maximum atomic E-state index is 11.0. The Hall–Kier alpha value is -1.43. The summed E-state index contributed by atoms with van der Waals surface area (Å²) in [4.78, 5) is 31.4. The fourth-order valence-corrected chi connectivity index (χ4v) is 1.09. The number of carbonyl (C=O) groups is 3. The molecule has 1 saturated heterocycles. The Bertz CT molecular complexity index is 243. The van der Waals surface area contributed by atoms with Crippen LogP contribution in [0, 0.1) is 0 Å². The Balaban J connectivity index is 2.40. The lowest BCUT2D eigenvalue weighted by Crippen LogP contribution is -2.35. The number of carboxylic acid groups (broad SMARTS) is 1. The summed E-state index contributed by atoms with van der Waals surface area (Å²) in [5.41, 5.74) is 0. The number of aliphatic carboxylic acids is 1. The third kappa shape index (κ3) is 2.51. The first kappa shape index (κ1) is 9.66. The summed E-state index contributed by atoms with van der Waals surface area (Å²) in [6.45, 7) is 0.682. The highest BCUT2D eigenvalue weighted by Gasteiger charge is 2.27. The number of esters is 2. The molecule has 1 aliphatic rings. The topological polar surface area (TPSA) is 92.7 Å². The average molecular weight is 187 g/mol. The molecule has 0 saturated carbocycles. The van der Waals surface area contributed by atoms with Crippen LogP contribution >= 0.6 is 0 Å². The van der Waals surface area contributed by atoms with Crippen molar-refractivity contribution in [2.75, 3.05) is 6.54 Å². The van der Waals surface area contributed by atoms with Crippen molar-refractivity contribution in [1.82, 2.24) is 5.32 Å². The predicted octanol–water partition coefficient (Wildman–Crippen LogP) is -1.11. The van der Waals surface area contributed by atoms with Gasteiger partial charge in [0.2, 0.25) is 0 Å². The van der Waals surface area contributed by atoms with Gasteiger partial charge in [-0.25, -0.2) is 14.4 Å². The van der Waals surface area contributed by atoms with Gasteiger partial charge in [0.15, 0.2) is 0 Å². The molecule has 13 heavy (non-hydrogen) atoms. The van der Waals surface area contributed by atoms with E-state index in [0.29, 0.717) is 13.0 Å². The summed E-state index contributed by atoms with van der Waals surface area (Å²) in [7, 11) is 0. The van der Waals surface area contributed by atoms with Crippen LogP contribution in [0.15, 0.2) is 0 Å². The van der Waals surface area contributed by atoms with E-state index in [1.54, 1.807) is 0 Å². The van der Waals surface area contributed by atoms with Crippen molar-refractivity contribution in [2.45, 2.75) is 18.9 Å². The molecule has 2 N–H and O–H groups in total. The second-order valence-electron chi connectivity index (χ2n) is 2.66. The van der Waals surface area contributed by atoms with Crippen molar-refractivity contribution in [3.8, 4) is 0 Å². The number of carbonyl (C=O) groups excluding carboxylic acids is 2. The third-order valence-electron chi connectivity index (χ3n) is 1.71. The number of rotatable bonds is 1. The molecule has 1 atom stereocenters. The lowest BCUT2D eigenvalue weighted by Gasteiger charge is -2.06. The van der Waals surface area contributed by atoms with Crippen LogP contribution in [0.25, 0.3) is 0 Å². The molecule has 6 heteroatoms. The van der Waals surface area contributed by atoms with Gasteiger partial charge in [0.1, 0.15) is 6.04 Å². The molecule has 1 aliphatic heterocycles. The van der Waals surface area contributed by atoms with Gasteiger partial charge in [0.25, 0.3) is 0 Å². The molecule has 0 amide bonds. The maximum Gasteiger partial charge on any atom is 0.424 e. The molecule has 0 aromatic carbocycles. The van der Waals surface area contributed by atoms with E-state index >= 15 is 0 Å². The van der Waals surface area contributed by atoms with Gasteiger partial charge in [-0.3, -0.25) is 0 Å². The summed E-state index contributed by atoms with van der Waals surface area (Å²) in [6, 6.07) is -0.539. The second kappa shape index (κ2) is 3.99. The number of carboxylic acids is 1. The van der Waals surface area contributed by atoms with Gasteiger partial charge < -0.3 is 15.2 Å². The van der Waals surface area contributed by atoms with Gasteiger partial charge in [-0.05, 0) is 19.4 Å². The molecule has 0 aromatic rings. The monoisotopic (exact) mass is 187 g/mol. The van der Waals surface area contributed by atoms with E-state index < -0.39 is 23.9 Å². The molecule has 0 aromatic heterocycles. The van der Waals surface area contributed by atoms with E-state index in [1.807, 2.05) is 0 Å². The second-order valence-corrected chi connectivity index (χ2v) is 2.66. The van der Waals surface area contributed by atoms with Crippen molar-refractivity contribution < 1.29 is 24.2 Å². The number of ether oxygens (including phenoxy) is 1. The van der Waals surface area contributed by atoms with Crippen LogP contribution < -0.4 is 5.32 Å². The van der Waals surface area contributed by atoms with Crippen LogP contribution in [0.5, 0.6) is 0 Å². The standard InChI is InChI=1S/C7H9NO5/c9-5(10)7(12)13-6(11)4-2-1-3-8-4/h4,8H,1-3H2,(H,9,10)/t4-/m0/s1. The van der Waals surface area contributed by atoms with E-state index in [-0.39, 0.29) is 0 Å². The molecular weight excluding hydrogens is 178 g/mol. The van der Waals surface area contributed by atoms with Gasteiger partial charge in [0, 0.05) is 0 Å². The van der Waals surface area contributed by atoms with Crippen LogP contribution in [-0.4, -0.2) is 35.6 Å². The predicted molar refractivity (Wildman–Crippen MR) is 39.8 cm³/mol. The minimum absolute atomic E-state index is 0.539. The fraction of sp³-hybridized carbons (Fsp3) is 0.571. The first-order chi connectivity index (χ1) is 6.11. The quantitative estimate of drug-likeness (QED) is 0.307. The molecule has 6 nitrogen and oxygen atoms in total. The Kier molecular flexibility index (Phi) is 2.97. The highest BCUT2D eigenvalue weighted by Crippen LogP contribution is 2.06. The molecule has 1 rings (SSSR count). The fourth-order valence-electron chi connectivity index (χ4n) is 1.09. The zero-order chi connectivity index (χ0) is 9.84. The molecule has 0 aliphatic carbocycles. The van der Waals surface area contributed by atoms with Crippen molar-refractivity contribution in [2.24, 2.45) is 0 Å². The van der Waals surface area contributed by atoms with Crippen LogP contribution in [0.2, 0.25) is 0 Å². The first-order valence-electron chi connectivity index (χ1n) is 3.83. The van der Waals surface area contributed by atoms with E-state index in [4.69, 9.17) is 5.11 Å². The lowest BCUT2D eigenvalue weighted by molar-refractivity contribution is -0.171. The Morgan fingerprint density at radius 1 is 1.38 bits per heavy atom. The van der Waals surface area contributed by atoms with E-state index in [2.05, 4.69) is 10.1 Å². The lowest BCUT2D eigenvalue weighted by atomic mass is 10.2. The normalized spacial score (nSPS) is 21.1. The zero-order valence-electron chi connectivity index (χ0n) is 6.78. The zero-order valence-corrected chi connectivity index (χ0v) is 6.78. The van der Waals surface area contributed by atoms with E-state index in [1.165, 1.54) is 0 Å². The highest BCUT2D eigenvalue weighted by molar-refractivity contribution is 6.30. The van der Waals surface area contributed by atoms with Crippen molar-refractivity contribution in [3.05, 3.63) is 0 Å². The summed E-state index contributed by atoms with van der Waals surface area (Å²) in [6.07, 6.45) is 1.40. The van der Waals surface area contributed by atoms with Crippen LogP contribution in [0.1, 0.15) is 12.8 Å². The minimum atomic E-state index is -1.76. The molecule has 1 fully saturated rings. The Labute approximate surface area is 73.9 Å². The number of nitrogens with one attached hydrogen (secondary N) is 1. The van der Waals surface area contributed by atoms with E-state index in [0.717, 1.165) is 6.42 Å². The highest BCUT2D eigenvalue weighted by atomic mass is 16.6. The van der Waals surface area contributed by atoms with Crippen LogP contribution in [-0.2, 0) is 19.1 Å². The Morgan fingerprint density at radius 2 is 2.08 bits per heavy atom. The molecule has 0 spiro atoms. The van der Waals surface area contributed by atoms with Gasteiger partial charge >= 0.3 is 17.9 Å².